The average molecular weight is 346 g/mol. The highest BCUT2D eigenvalue weighted by molar-refractivity contribution is 5.96. The summed E-state index contributed by atoms with van der Waals surface area (Å²) in [4.78, 5) is 23.6. The van der Waals surface area contributed by atoms with E-state index in [0.29, 0.717) is 42.5 Å². The molecule has 0 bridgehead atoms. The number of carbonyl (C=O) groups is 2. The van der Waals surface area contributed by atoms with Crippen LogP contribution in [0.3, 0.4) is 0 Å². The van der Waals surface area contributed by atoms with Crippen LogP contribution in [0.5, 0.6) is 11.5 Å². The van der Waals surface area contributed by atoms with Crippen LogP contribution in [0.1, 0.15) is 35.9 Å². The lowest BCUT2D eigenvalue weighted by Crippen LogP contribution is -2.41. The number of furan rings is 1. The molecule has 0 unspecified atom stereocenters. The monoisotopic (exact) mass is 346 g/mol. The molecule has 2 amide bonds. The number of rotatable bonds is 8. The van der Waals surface area contributed by atoms with Crippen LogP contribution in [-0.4, -0.2) is 25.0 Å². The van der Waals surface area contributed by atoms with E-state index in [4.69, 9.17) is 13.9 Å². The maximum atomic E-state index is 11.8. The quantitative estimate of drug-likeness (QED) is 0.566. The molecule has 134 valence electrons. The first-order valence-corrected chi connectivity index (χ1v) is 8.09. The summed E-state index contributed by atoms with van der Waals surface area (Å²) in [5.41, 5.74) is 5.10. The van der Waals surface area contributed by atoms with E-state index in [-0.39, 0.29) is 12.3 Å². The van der Waals surface area contributed by atoms with Gasteiger partial charge in [0.15, 0.2) is 11.5 Å². The van der Waals surface area contributed by atoms with Crippen LogP contribution in [0, 0.1) is 6.92 Å². The van der Waals surface area contributed by atoms with E-state index in [2.05, 4.69) is 10.9 Å². The largest absolute Gasteiger partial charge is 0.490 e. The number of hydrogen-bond donors (Lipinski definition) is 2. The van der Waals surface area contributed by atoms with Gasteiger partial charge in [0.2, 0.25) is 5.91 Å². The Morgan fingerprint density at radius 3 is 2.44 bits per heavy atom. The highest BCUT2D eigenvalue weighted by atomic mass is 16.5. The molecule has 2 rings (SSSR count). The highest BCUT2D eigenvalue weighted by Gasteiger charge is 2.12. The first-order valence-electron chi connectivity index (χ1n) is 8.09. The molecule has 1 heterocycles. The minimum atomic E-state index is -0.415. The Morgan fingerprint density at radius 1 is 1.08 bits per heavy atom. The first-order chi connectivity index (χ1) is 12.1. The molecule has 0 radical (unpaired) electrons. The average Bonchev–Trinajstić information content (AvgIpc) is 3.04. The van der Waals surface area contributed by atoms with E-state index in [1.165, 1.54) is 6.26 Å². The number of hydrazine groups is 1. The summed E-state index contributed by atoms with van der Waals surface area (Å²) < 4.78 is 16.1. The van der Waals surface area contributed by atoms with Crippen molar-refractivity contribution in [3.05, 3.63) is 47.9 Å². The molecule has 7 heteroatoms. The Morgan fingerprint density at radius 2 is 1.80 bits per heavy atom. The van der Waals surface area contributed by atoms with Gasteiger partial charge in [0, 0.05) is 6.42 Å². The summed E-state index contributed by atoms with van der Waals surface area (Å²) in [6, 6.07) is 8.92. The predicted molar refractivity (Wildman–Crippen MR) is 91.4 cm³/mol. The summed E-state index contributed by atoms with van der Waals surface area (Å²) >= 11 is 0. The summed E-state index contributed by atoms with van der Waals surface area (Å²) in [6.07, 6.45) is 2.15. The SMILES string of the molecule is CCOc1ccccc1OCCCC(=O)NNC(=O)c1ccoc1C. The molecule has 0 aliphatic rings. The van der Waals surface area contributed by atoms with Crippen LogP contribution < -0.4 is 20.3 Å². The van der Waals surface area contributed by atoms with Crippen molar-refractivity contribution in [3.8, 4) is 11.5 Å². The second-order valence-corrected chi connectivity index (χ2v) is 5.22. The van der Waals surface area contributed by atoms with Gasteiger partial charge in [-0.3, -0.25) is 20.4 Å². The molecule has 1 aromatic carbocycles. The molecule has 0 aliphatic heterocycles. The Labute approximate surface area is 146 Å². The smallest absolute Gasteiger partial charge is 0.273 e. The zero-order valence-electron chi connectivity index (χ0n) is 14.3. The number of benzene rings is 1. The molecular weight excluding hydrogens is 324 g/mol. The standard InChI is InChI=1S/C18H22N2O5/c1-3-23-15-7-4-5-8-16(15)25-11-6-9-17(21)19-20-18(22)14-10-12-24-13(14)2/h4-5,7-8,10,12H,3,6,9,11H2,1-2H3,(H,19,21)(H,20,22). The summed E-state index contributed by atoms with van der Waals surface area (Å²) in [7, 11) is 0. The lowest BCUT2D eigenvalue weighted by molar-refractivity contribution is -0.122. The van der Waals surface area contributed by atoms with Crippen molar-refractivity contribution in [2.45, 2.75) is 26.7 Å². The molecule has 0 aliphatic carbocycles. The third-order valence-corrected chi connectivity index (χ3v) is 3.37. The first kappa shape index (κ1) is 18.4. The molecule has 0 saturated heterocycles. The van der Waals surface area contributed by atoms with E-state index >= 15 is 0 Å². The zero-order chi connectivity index (χ0) is 18.1. The molecule has 1 aromatic heterocycles. The minimum absolute atomic E-state index is 0.224. The van der Waals surface area contributed by atoms with Crippen molar-refractivity contribution in [1.29, 1.82) is 0 Å². The van der Waals surface area contributed by atoms with Crippen LogP contribution in [0.4, 0.5) is 0 Å². The van der Waals surface area contributed by atoms with Gasteiger partial charge in [-0.15, -0.1) is 0 Å². The summed E-state index contributed by atoms with van der Waals surface area (Å²) in [5.74, 6) is 1.11. The topological polar surface area (TPSA) is 89.8 Å². The Hall–Kier alpha value is -2.96. The Balaban J connectivity index is 1.67. The summed E-state index contributed by atoms with van der Waals surface area (Å²) in [6.45, 7) is 4.50. The third kappa shape index (κ3) is 5.56. The number of ether oxygens (including phenoxy) is 2. The molecule has 0 fully saturated rings. The minimum Gasteiger partial charge on any atom is -0.490 e. The second kappa shape index (κ2) is 9.36. The van der Waals surface area contributed by atoms with Crippen LogP contribution in [0.2, 0.25) is 0 Å². The van der Waals surface area contributed by atoms with Crippen molar-refractivity contribution in [2.24, 2.45) is 0 Å². The van der Waals surface area contributed by atoms with Gasteiger partial charge in [0.1, 0.15) is 5.76 Å². The van der Waals surface area contributed by atoms with E-state index in [0.717, 1.165) is 0 Å². The van der Waals surface area contributed by atoms with Crippen LogP contribution in [0.25, 0.3) is 0 Å². The third-order valence-electron chi connectivity index (χ3n) is 3.37. The maximum Gasteiger partial charge on any atom is 0.273 e. The second-order valence-electron chi connectivity index (χ2n) is 5.22. The lowest BCUT2D eigenvalue weighted by atomic mass is 10.2. The molecule has 0 saturated carbocycles. The van der Waals surface area contributed by atoms with Gasteiger partial charge in [-0.2, -0.15) is 0 Å². The van der Waals surface area contributed by atoms with Crippen LogP contribution in [0.15, 0.2) is 41.0 Å². The number of amides is 2. The van der Waals surface area contributed by atoms with Crippen molar-refractivity contribution >= 4 is 11.8 Å². The van der Waals surface area contributed by atoms with Gasteiger partial charge in [0.25, 0.3) is 5.91 Å². The fourth-order valence-electron chi connectivity index (χ4n) is 2.14. The zero-order valence-corrected chi connectivity index (χ0v) is 14.3. The van der Waals surface area contributed by atoms with Gasteiger partial charge < -0.3 is 13.9 Å². The number of aryl methyl sites for hydroxylation is 1. The van der Waals surface area contributed by atoms with E-state index < -0.39 is 5.91 Å². The Kier molecular flexibility index (Phi) is 6.88. The van der Waals surface area contributed by atoms with E-state index in [9.17, 15) is 9.59 Å². The van der Waals surface area contributed by atoms with Gasteiger partial charge >= 0.3 is 0 Å². The Bertz CT molecular complexity index is 711. The number of para-hydroxylation sites is 2. The van der Waals surface area contributed by atoms with Crippen molar-refractivity contribution in [3.63, 3.8) is 0 Å². The molecule has 0 spiro atoms. The fourth-order valence-corrected chi connectivity index (χ4v) is 2.14. The number of nitrogens with one attached hydrogen (secondary N) is 2. The molecule has 25 heavy (non-hydrogen) atoms. The van der Waals surface area contributed by atoms with Crippen molar-refractivity contribution < 1.29 is 23.5 Å². The van der Waals surface area contributed by atoms with Gasteiger partial charge in [-0.1, -0.05) is 12.1 Å². The molecule has 0 atom stereocenters. The van der Waals surface area contributed by atoms with Crippen molar-refractivity contribution in [1.82, 2.24) is 10.9 Å². The maximum absolute atomic E-state index is 11.8. The molecular formula is C18H22N2O5. The molecule has 7 nitrogen and oxygen atoms in total. The van der Waals surface area contributed by atoms with Crippen LogP contribution >= 0.6 is 0 Å². The number of carbonyl (C=O) groups excluding carboxylic acids is 2. The summed E-state index contributed by atoms with van der Waals surface area (Å²) in [5, 5.41) is 0. The molecule has 2 aromatic rings. The van der Waals surface area contributed by atoms with E-state index in [1.807, 2.05) is 31.2 Å². The predicted octanol–water partition coefficient (Wildman–Crippen LogP) is 2.61. The van der Waals surface area contributed by atoms with Crippen molar-refractivity contribution in [2.75, 3.05) is 13.2 Å². The fraction of sp³-hybridized carbons (Fsp3) is 0.333. The normalized spacial score (nSPS) is 10.2. The van der Waals surface area contributed by atoms with E-state index in [1.54, 1.807) is 13.0 Å². The lowest BCUT2D eigenvalue weighted by Gasteiger charge is -2.11. The van der Waals surface area contributed by atoms with Gasteiger partial charge in [-0.05, 0) is 38.5 Å². The molecule has 2 N–H and O–H groups in total. The number of hydrogen-bond acceptors (Lipinski definition) is 5. The van der Waals surface area contributed by atoms with Crippen LogP contribution in [-0.2, 0) is 4.79 Å². The van der Waals surface area contributed by atoms with Gasteiger partial charge in [-0.25, -0.2) is 0 Å². The van der Waals surface area contributed by atoms with Gasteiger partial charge in [0.05, 0.1) is 25.0 Å². The highest BCUT2D eigenvalue weighted by Crippen LogP contribution is 2.26.